The van der Waals surface area contributed by atoms with E-state index in [2.05, 4.69) is 5.32 Å². The third kappa shape index (κ3) is 4.91. The summed E-state index contributed by atoms with van der Waals surface area (Å²) in [5, 5.41) is 3.26. The van der Waals surface area contributed by atoms with Crippen molar-refractivity contribution in [2.75, 3.05) is 46.5 Å². The van der Waals surface area contributed by atoms with E-state index in [-0.39, 0.29) is 18.3 Å². The normalized spacial score (nSPS) is 17.6. The van der Waals surface area contributed by atoms with Gasteiger partial charge in [0.25, 0.3) is 5.91 Å². The Bertz CT molecular complexity index is 258. The van der Waals surface area contributed by atoms with Crippen LogP contribution in [0, 0.1) is 0 Å². The minimum Gasteiger partial charge on any atom is -0.380 e. The topological polar surface area (TPSA) is 50.8 Å². The summed E-state index contributed by atoms with van der Waals surface area (Å²) in [6, 6.07) is 0. The number of amides is 1. The van der Waals surface area contributed by atoms with Gasteiger partial charge in [0.15, 0.2) is 0 Å². The average molecular weight is 295 g/mol. The molecule has 1 rings (SSSR count). The van der Waals surface area contributed by atoms with E-state index >= 15 is 0 Å². The summed E-state index contributed by atoms with van der Waals surface area (Å²) in [5.74, 6) is 0.105. The molecule has 114 valence electrons. The molecule has 0 aliphatic carbocycles. The van der Waals surface area contributed by atoms with Crippen LogP contribution in [-0.4, -0.2) is 62.9 Å². The first-order valence-electron chi connectivity index (χ1n) is 6.83. The van der Waals surface area contributed by atoms with Crippen LogP contribution >= 0.6 is 12.4 Å². The van der Waals surface area contributed by atoms with Crippen molar-refractivity contribution in [3.63, 3.8) is 0 Å². The second-order valence-electron chi connectivity index (χ2n) is 4.53. The van der Waals surface area contributed by atoms with Crippen LogP contribution in [0.1, 0.15) is 26.7 Å². The lowest BCUT2D eigenvalue weighted by atomic mass is 9.90. The molecule has 1 fully saturated rings. The van der Waals surface area contributed by atoms with E-state index in [9.17, 15) is 4.79 Å². The molecule has 1 aliphatic rings. The van der Waals surface area contributed by atoms with Gasteiger partial charge in [-0.2, -0.15) is 0 Å². The fraction of sp³-hybridized carbons (Fsp3) is 0.923. The number of nitrogens with one attached hydrogen (secondary N) is 1. The van der Waals surface area contributed by atoms with Crippen LogP contribution in [0.5, 0.6) is 0 Å². The van der Waals surface area contributed by atoms with Gasteiger partial charge in [-0.25, -0.2) is 0 Å². The SMILES string of the molecule is CCOCCN(CC)C(=O)C1(OC)CCNCC1.Cl. The van der Waals surface area contributed by atoms with Gasteiger partial charge >= 0.3 is 0 Å². The Hall–Kier alpha value is -0.360. The van der Waals surface area contributed by atoms with Crippen molar-refractivity contribution >= 4 is 18.3 Å². The summed E-state index contributed by atoms with van der Waals surface area (Å²) < 4.78 is 10.9. The van der Waals surface area contributed by atoms with Crippen LogP contribution in [0.25, 0.3) is 0 Å². The highest BCUT2D eigenvalue weighted by atomic mass is 35.5. The predicted molar refractivity (Wildman–Crippen MR) is 77.8 cm³/mol. The summed E-state index contributed by atoms with van der Waals surface area (Å²) in [5.41, 5.74) is -0.631. The number of hydrogen-bond acceptors (Lipinski definition) is 4. The fourth-order valence-electron chi connectivity index (χ4n) is 2.35. The van der Waals surface area contributed by atoms with Crippen LogP contribution < -0.4 is 5.32 Å². The summed E-state index contributed by atoms with van der Waals surface area (Å²) in [4.78, 5) is 14.4. The molecular weight excluding hydrogens is 268 g/mol. The highest BCUT2D eigenvalue weighted by molar-refractivity contribution is 5.85. The molecule has 1 saturated heterocycles. The monoisotopic (exact) mass is 294 g/mol. The lowest BCUT2D eigenvalue weighted by Gasteiger charge is -2.38. The molecule has 0 aromatic heterocycles. The van der Waals surface area contributed by atoms with Gasteiger partial charge in [0.05, 0.1) is 6.61 Å². The fourth-order valence-corrected chi connectivity index (χ4v) is 2.35. The van der Waals surface area contributed by atoms with Crippen LogP contribution in [0.4, 0.5) is 0 Å². The Morgan fingerprint density at radius 2 is 1.95 bits per heavy atom. The van der Waals surface area contributed by atoms with E-state index in [0.29, 0.717) is 26.3 Å². The maximum absolute atomic E-state index is 12.6. The highest BCUT2D eigenvalue weighted by Gasteiger charge is 2.41. The van der Waals surface area contributed by atoms with Gasteiger partial charge in [-0.05, 0) is 39.8 Å². The zero-order chi connectivity index (χ0) is 13.4. The van der Waals surface area contributed by atoms with Gasteiger partial charge in [-0.3, -0.25) is 4.79 Å². The molecule has 0 radical (unpaired) electrons. The first-order chi connectivity index (χ1) is 8.70. The maximum Gasteiger partial charge on any atom is 0.254 e. The third-order valence-electron chi connectivity index (χ3n) is 3.57. The second kappa shape index (κ2) is 9.53. The van der Waals surface area contributed by atoms with E-state index in [4.69, 9.17) is 9.47 Å². The van der Waals surface area contributed by atoms with Gasteiger partial charge in [-0.1, -0.05) is 0 Å². The van der Waals surface area contributed by atoms with Crippen molar-refractivity contribution in [1.82, 2.24) is 10.2 Å². The number of ether oxygens (including phenoxy) is 2. The van der Waals surface area contributed by atoms with Crippen LogP contribution in [-0.2, 0) is 14.3 Å². The van der Waals surface area contributed by atoms with Crippen molar-refractivity contribution in [1.29, 1.82) is 0 Å². The predicted octanol–water partition coefficient (Wildman–Crippen LogP) is 1.06. The number of carbonyl (C=O) groups is 1. The number of hydrogen-bond donors (Lipinski definition) is 1. The largest absolute Gasteiger partial charge is 0.380 e. The quantitative estimate of drug-likeness (QED) is 0.714. The van der Waals surface area contributed by atoms with E-state index in [1.165, 1.54) is 0 Å². The van der Waals surface area contributed by atoms with Crippen LogP contribution in [0.3, 0.4) is 0 Å². The van der Waals surface area contributed by atoms with E-state index in [0.717, 1.165) is 25.9 Å². The molecule has 0 atom stereocenters. The van der Waals surface area contributed by atoms with Crippen molar-refractivity contribution in [2.24, 2.45) is 0 Å². The van der Waals surface area contributed by atoms with E-state index in [1.54, 1.807) is 7.11 Å². The molecule has 6 heteroatoms. The summed E-state index contributed by atoms with van der Waals surface area (Å²) in [6.45, 7) is 8.24. The smallest absolute Gasteiger partial charge is 0.254 e. The molecule has 0 aromatic carbocycles. The second-order valence-corrected chi connectivity index (χ2v) is 4.53. The molecular formula is C13H27ClN2O3. The van der Waals surface area contributed by atoms with Crippen molar-refractivity contribution in [2.45, 2.75) is 32.3 Å². The van der Waals surface area contributed by atoms with Crippen LogP contribution in [0.2, 0.25) is 0 Å². The Kier molecular flexibility index (Phi) is 9.35. The number of methoxy groups -OCH3 is 1. The zero-order valence-corrected chi connectivity index (χ0v) is 13.1. The molecule has 5 nitrogen and oxygen atoms in total. The van der Waals surface area contributed by atoms with Gasteiger partial charge in [-0.15, -0.1) is 12.4 Å². The van der Waals surface area contributed by atoms with Gasteiger partial charge in [0.2, 0.25) is 0 Å². The third-order valence-corrected chi connectivity index (χ3v) is 3.57. The van der Waals surface area contributed by atoms with Gasteiger partial charge < -0.3 is 19.7 Å². The number of nitrogens with zero attached hydrogens (tertiary/aromatic N) is 1. The number of halogens is 1. The average Bonchev–Trinajstić information content (AvgIpc) is 2.44. The summed E-state index contributed by atoms with van der Waals surface area (Å²) in [6.07, 6.45) is 1.49. The molecule has 0 unspecified atom stereocenters. The lowest BCUT2D eigenvalue weighted by molar-refractivity contribution is -0.158. The highest BCUT2D eigenvalue weighted by Crippen LogP contribution is 2.25. The molecule has 1 N–H and O–H groups in total. The minimum absolute atomic E-state index is 0. The molecule has 1 heterocycles. The molecule has 0 bridgehead atoms. The standard InChI is InChI=1S/C13H26N2O3.ClH/c1-4-15(10-11-18-5-2)12(16)13(17-3)6-8-14-9-7-13;/h14H,4-11H2,1-3H3;1H. The summed E-state index contributed by atoms with van der Waals surface area (Å²) in [7, 11) is 1.64. The number of piperidine rings is 1. The minimum atomic E-state index is -0.631. The molecule has 1 aliphatic heterocycles. The Morgan fingerprint density at radius 3 is 2.42 bits per heavy atom. The van der Waals surface area contributed by atoms with Crippen LogP contribution in [0.15, 0.2) is 0 Å². The van der Waals surface area contributed by atoms with Crippen molar-refractivity contribution in [3.8, 4) is 0 Å². The maximum atomic E-state index is 12.6. The van der Waals surface area contributed by atoms with Crippen molar-refractivity contribution < 1.29 is 14.3 Å². The Balaban J connectivity index is 0.00000324. The molecule has 0 aromatic rings. The van der Waals surface area contributed by atoms with E-state index in [1.807, 2.05) is 18.7 Å². The van der Waals surface area contributed by atoms with Gasteiger partial charge in [0.1, 0.15) is 5.60 Å². The van der Waals surface area contributed by atoms with Gasteiger partial charge in [0, 0.05) is 26.8 Å². The molecule has 1 amide bonds. The molecule has 0 spiro atoms. The lowest BCUT2D eigenvalue weighted by Crippen LogP contribution is -2.55. The molecule has 19 heavy (non-hydrogen) atoms. The summed E-state index contributed by atoms with van der Waals surface area (Å²) >= 11 is 0. The first kappa shape index (κ1) is 18.6. The molecule has 0 saturated carbocycles. The van der Waals surface area contributed by atoms with Crippen molar-refractivity contribution in [3.05, 3.63) is 0 Å². The number of likely N-dealkylation sites (N-methyl/N-ethyl adjacent to an activating group) is 1. The number of carbonyl (C=O) groups excluding carboxylic acids is 1. The zero-order valence-electron chi connectivity index (χ0n) is 12.2. The number of rotatable bonds is 7. The Morgan fingerprint density at radius 1 is 1.32 bits per heavy atom. The Labute approximate surface area is 122 Å². The first-order valence-corrected chi connectivity index (χ1v) is 6.83. The van der Waals surface area contributed by atoms with E-state index < -0.39 is 5.60 Å².